The lowest BCUT2D eigenvalue weighted by atomic mass is 10.6. The Kier molecular flexibility index (Phi) is 2.83. The van der Waals surface area contributed by atoms with Gasteiger partial charge in [0.05, 0.1) is 0 Å². The first-order chi connectivity index (χ1) is 4.96. The summed E-state index contributed by atoms with van der Waals surface area (Å²) in [5.41, 5.74) is 0. The van der Waals surface area contributed by atoms with E-state index in [2.05, 4.69) is 0 Å². The molecule has 0 radical (unpaired) electrons. The average molecular weight is 218 g/mol. The van der Waals surface area contributed by atoms with Crippen molar-refractivity contribution in [3.63, 3.8) is 0 Å². The highest BCUT2D eigenvalue weighted by atomic mass is 31.2. The van der Waals surface area contributed by atoms with Gasteiger partial charge in [-0.1, -0.05) is 0 Å². The van der Waals surface area contributed by atoms with Crippen LogP contribution in [0.5, 0.6) is 0 Å². The molecule has 3 nitrogen and oxygen atoms in total. The molecule has 0 amide bonds. The van der Waals surface area contributed by atoms with Crippen molar-refractivity contribution < 1.29 is 40.1 Å². The zero-order valence-corrected chi connectivity index (χ0v) is 5.87. The zero-order chi connectivity index (χ0) is 10.2. The van der Waals surface area contributed by atoms with E-state index in [-0.39, 0.29) is 0 Å². The van der Waals surface area contributed by atoms with Crippen LogP contribution in [0.4, 0.5) is 26.1 Å². The lowest BCUT2D eigenvalue weighted by Crippen LogP contribution is -2.37. The van der Waals surface area contributed by atoms with Crippen molar-refractivity contribution >= 4 is 7.91 Å². The molecule has 0 aliphatic carbocycles. The van der Waals surface area contributed by atoms with Crippen molar-refractivity contribution in [3.8, 4) is 0 Å². The summed E-state index contributed by atoms with van der Waals surface area (Å²) < 4.78 is 78.9. The predicted octanol–water partition coefficient (Wildman–Crippen LogP) is 2.23. The molecule has 0 aromatic heterocycles. The van der Waals surface area contributed by atoms with E-state index in [1.54, 1.807) is 0 Å². The Morgan fingerprint density at radius 3 is 1.58 bits per heavy atom. The van der Waals surface area contributed by atoms with Crippen LogP contribution >= 0.6 is 7.91 Å². The van der Waals surface area contributed by atoms with Gasteiger partial charge in [0.15, 0.2) is 0 Å². The first-order valence-electron chi connectivity index (χ1n) is 2.13. The van der Waals surface area contributed by atoms with Crippen LogP contribution < -0.4 is 0 Å². The van der Waals surface area contributed by atoms with Crippen LogP contribution in [0.15, 0.2) is 0 Å². The Balaban J connectivity index is 4.56. The highest BCUT2D eigenvalue weighted by Gasteiger charge is 2.63. The third-order valence-corrected chi connectivity index (χ3v) is 1.01. The molecule has 0 rings (SSSR count). The van der Waals surface area contributed by atoms with Crippen LogP contribution in [-0.2, 0) is 9.09 Å². The summed E-state index contributed by atoms with van der Waals surface area (Å²) in [5, 5.41) is 0. The average Bonchev–Trinajstić information content (AvgIpc) is 1.52. The summed E-state index contributed by atoms with van der Waals surface area (Å²) in [7, 11) is -6.35. The monoisotopic (exact) mass is 218 g/mol. The fourth-order valence-corrected chi connectivity index (χ4v) is 0.580. The van der Waals surface area contributed by atoms with Gasteiger partial charge in [0, 0.05) is 0 Å². The molecular weight excluding hydrogens is 217 g/mol. The topological polar surface area (TPSA) is 46.5 Å². The molecule has 0 bridgehead atoms. The summed E-state index contributed by atoms with van der Waals surface area (Å²) >= 11 is 0. The van der Waals surface area contributed by atoms with Gasteiger partial charge in [-0.2, -0.15) is 22.0 Å². The minimum absolute atomic E-state index is 1.98. The van der Waals surface area contributed by atoms with E-state index in [9.17, 15) is 30.7 Å². The predicted molar refractivity (Wildman–Crippen MR) is 23.0 cm³/mol. The van der Waals surface area contributed by atoms with E-state index in [1.807, 2.05) is 4.52 Å². The zero-order valence-electron chi connectivity index (χ0n) is 4.98. The molecule has 1 atom stereocenters. The van der Waals surface area contributed by atoms with Crippen molar-refractivity contribution in [1.82, 2.24) is 0 Å². The van der Waals surface area contributed by atoms with Gasteiger partial charge in [0.1, 0.15) is 0 Å². The van der Waals surface area contributed by atoms with Crippen LogP contribution in [-0.4, -0.2) is 17.2 Å². The maximum absolute atomic E-state index is 11.5. The fraction of sp³-hybridized carbons (Fsp3) is 1.00. The molecule has 0 aliphatic rings. The molecule has 0 aliphatic heterocycles. The van der Waals surface area contributed by atoms with Crippen molar-refractivity contribution in [1.29, 1.82) is 0 Å². The first kappa shape index (κ1) is 11.7. The Bertz CT molecular complexity index is 203. The lowest BCUT2D eigenvalue weighted by Gasteiger charge is -2.18. The molecule has 74 valence electrons. The number of halogens is 6. The van der Waals surface area contributed by atoms with Crippen LogP contribution in [0, 0.1) is 0 Å². The van der Waals surface area contributed by atoms with Crippen LogP contribution in [0.25, 0.3) is 0 Å². The van der Waals surface area contributed by atoms with Gasteiger partial charge in [-0.15, -0.1) is 4.20 Å². The van der Waals surface area contributed by atoms with Gasteiger partial charge in [0.25, 0.3) is 0 Å². The summed E-state index contributed by atoms with van der Waals surface area (Å²) in [4.78, 5) is 7.40. The van der Waals surface area contributed by atoms with Gasteiger partial charge in [-0.25, -0.2) is 9.09 Å². The standard InChI is InChI=1S/C2HF6O3P/c3-1(4,5)2(6,7)11-12(8,9)10/h(H,9,10). The Labute approximate surface area is 61.6 Å². The minimum atomic E-state index is -6.35. The lowest BCUT2D eigenvalue weighted by molar-refractivity contribution is -0.364. The SMILES string of the molecule is O=P(O)(F)OC(F)(F)C(F)(F)F. The maximum atomic E-state index is 11.5. The second kappa shape index (κ2) is 2.90. The summed E-state index contributed by atoms with van der Waals surface area (Å²) in [5.74, 6) is 0. The molecule has 0 aromatic rings. The summed E-state index contributed by atoms with van der Waals surface area (Å²) in [6, 6.07) is 0. The van der Waals surface area contributed by atoms with Crippen molar-refractivity contribution in [3.05, 3.63) is 0 Å². The molecule has 0 aromatic carbocycles. The van der Waals surface area contributed by atoms with Gasteiger partial charge in [-0.05, 0) is 0 Å². The molecule has 10 heteroatoms. The highest BCUT2D eigenvalue weighted by molar-refractivity contribution is 7.46. The first-order valence-corrected chi connectivity index (χ1v) is 3.60. The summed E-state index contributed by atoms with van der Waals surface area (Å²) in [6.45, 7) is 0. The molecule has 0 heterocycles. The second-order valence-electron chi connectivity index (χ2n) is 1.56. The molecule has 1 N–H and O–H groups in total. The largest absolute Gasteiger partial charge is 0.515 e. The van der Waals surface area contributed by atoms with E-state index < -0.39 is 20.2 Å². The number of rotatable bonds is 2. The normalized spacial score (nSPS) is 18.9. The number of hydrogen-bond acceptors (Lipinski definition) is 2. The van der Waals surface area contributed by atoms with Gasteiger partial charge < -0.3 is 0 Å². The summed E-state index contributed by atoms with van der Waals surface area (Å²) in [6.07, 6.45) is -12.2. The Hall–Kier alpha value is -0.270. The highest BCUT2D eigenvalue weighted by Crippen LogP contribution is 2.52. The third-order valence-electron chi connectivity index (χ3n) is 0.557. The fourth-order valence-electron chi connectivity index (χ4n) is 0.193. The van der Waals surface area contributed by atoms with Crippen molar-refractivity contribution in [2.75, 3.05) is 0 Å². The van der Waals surface area contributed by atoms with Gasteiger partial charge >= 0.3 is 20.2 Å². The molecule has 12 heavy (non-hydrogen) atoms. The molecule has 0 saturated carbocycles. The second-order valence-corrected chi connectivity index (χ2v) is 2.64. The Morgan fingerprint density at radius 1 is 1.17 bits per heavy atom. The van der Waals surface area contributed by atoms with Crippen LogP contribution in [0.1, 0.15) is 0 Å². The smallest absolute Gasteiger partial charge is 0.299 e. The van der Waals surface area contributed by atoms with E-state index in [1.165, 1.54) is 0 Å². The quantitative estimate of drug-likeness (QED) is 0.570. The molecule has 0 saturated heterocycles. The number of alkyl halides is 5. The Morgan fingerprint density at radius 2 is 1.50 bits per heavy atom. The van der Waals surface area contributed by atoms with E-state index in [0.717, 1.165) is 0 Å². The van der Waals surface area contributed by atoms with Gasteiger partial charge in [-0.3, -0.25) is 4.89 Å². The molecule has 0 fully saturated rings. The van der Waals surface area contributed by atoms with Crippen LogP contribution in [0.3, 0.4) is 0 Å². The molecule has 0 spiro atoms. The molecular formula is C2HF6O3P. The van der Waals surface area contributed by atoms with E-state index in [0.29, 0.717) is 0 Å². The van der Waals surface area contributed by atoms with Crippen molar-refractivity contribution in [2.45, 2.75) is 12.3 Å². The van der Waals surface area contributed by atoms with E-state index in [4.69, 9.17) is 4.89 Å². The third kappa shape index (κ3) is 3.42. The molecule has 1 unspecified atom stereocenters. The van der Waals surface area contributed by atoms with Crippen molar-refractivity contribution in [2.24, 2.45) is 0 Å². The van der Waals surface area contributed by atoms with E-state index >= 15 is 0 Å². The van der Waals surface area contributed by atoms with Gasteiger partial charge in [0.2, 0.25) is 0 Å². The number of hydrogen-bond donors (Lipinski definition) is 1. The maximum Gasteiger partial charge on any atom is 0.515 e. The minimum Gasteiger partial charge on any atom is -0.299 e. The van der Waals surface area contributed by atoms with Crippen LogP contribution in [0.2, 0.25) is 0 Å².